The number of aryl methyl sites for hydroxylation is 1. The van der Waals surface area contributed by atoms with E-state index in [0.29, 0.717) is 11.3 Å². The normalized spacial score (nSPS) is 12.0. The highest BCUT2D eigenvalue weighted by Gasteiger charge is 2.18. The summed E-state index contributed by atoms with van der Waals surface area (Å²) in [5.74, 6) is -0.610. The SMILES string of the molecule is CCc1cc2c(SC(C)C(=O)Nc3cccc(C(=O)OC)c3)ncnc2s1. The van der Waals surface area contributed by atoms with Gasteiger partial charge in [-0.05, 0) is 37.6 Å². The Balaban J connectivity index is 1.73. The van der Waals surface area contributed by atoms with Crippen molar-refractivity contribution in [3.63, 3.8) is 0 Å². The first-order chi connectivity index (χ1) is 13.0. The number of amides is 1. The van der Waals surface area contributed by atoms with E-state index >= 15 is 0 Å². The van der Waals surface area contributed by atoms with Crippen LogP contribution >= 0.6 is 23.1 Å². The van der Waals surface area contributed by atoms with Crippen molar-refractivity contribution in [1.29, 1.82) is 0 Å². The van der Waals surface area contributed by atoms with E-state index in [1.165, 1.54) is 30.1 Å². The van der Waals surface area contributed by atoms with Crippen LogP contribution in [0.2, 0.25) is 0 Å². The van der Waals surface area contributed by atoms with Crippen molar-refractivity contribution in [3.8, 4) is 0 Å². The Labute approximate surface area is 165 Å². The molecule has 27 heavy (non-hydrogen) atoms. The van der Waals surface area contributed by atoms with Gasteiger partial charge in [0.2, 0.25) is 5.91 Å². The minimum absolute atomic E-state index is 0.167. The molecular weight excluding hydrogens is 382 g/mol. The van der Waals surface area contributed by atoms with Gasteiger partial charge in [-0.3, -0.25) is 4.79 Å². The lowest BCUT2D eigenvalue weighted by molar-refractivity contribution is -0.115. The van der Waals surface area contributed by atoms with E-state index in [-0.39, 0.29) is 11.2 Å². The largest absolute Gasteiger partial charge is 0.465 e. The van der Waals surface area contributed by atoms with Crippen LogP contribution in [0.3, 0.4) is 0 Å². The monoisotopic (exact) mass is 401 g/mol. The van der Waals surface area contributed by atoms with Crippen molar-refractivity contribution in [1.82, 2.24) is 9.97 Å². The molecule has 1 unspecified atom stereocenters. The fraction of sp³-hybridized carbons (Fsp3) is 0.263. The van der Waals surface area contributed by atoms with Gasteiger partial charge in [0.25, 0.3) is 0 Å². The van der Waals surface area contributed by atoms with E-state index < -0.39 is 5.97 Å². The van der Waals surface area contributed by atoms with E-state index in [4.69, 9.17) is 4.74 Å². The summed E-state index contributed by atoms with van der Waals surface area (Å²) in [6, 6.07) is 8.75. The number of ether oxygens (including phenoxy) is 1. The average molecular weight is 402 g/mol. The van der Waals surface area contributed by atoms with Crippen LogP contribution in [-0.2, 0) is 16.0 Å². The van der Waals surface area contributed by atoms with Gasteiger partial charge < -0.3 is 10.1 Å². The number of hydrogen-bond acceptors (Lipinski definition) is 7. The Kier molecular flexibility index (Phi) is 6.08. The molecule has 0 radical (unpaired) electrons. The summed E-state index contributed by atoms with van der Waals surface area (Å²) in [4.78, 5) is 35.0. The van der Waals surface area contributed by atoms with Crippen LogP contribution in [0, 0.1) is 0 Å². The van der Waals surface area contributed by atoms with Crippen molar-refractivity contribution < 1.29 is 14.3 Å². The fourth-order valence-corrected chi connectivity index (χ4v) is 4.35. The summed E-state index contributed by atoms with van der Waals surface area (Å²) in [5, 5.41) is 4.25. The first-order valence-corrected chi connectivity index (χ1v) is 10.1. The van der Waals surface area contributed by atoms with Gasteiger partial charge in [0.1, 0.15) is 16.2 Å². The van der Waals surface area contributed by atoms with Crippen LogP contribution in [-0.4, -0.2) is 34.2 Å². The Morgan fingerprint density at radius 1 is 1.30 bits per heavy atom. The second kappa shape index (κ2) is 8.49. The van der Waals surface area contributed by atoms with Crippen LogP contribution in [0.25, 0.3) is 10.2 Å². The summed E-state index contributed by atoms with van der Waals surface area (Å²) in [6.45, 7) is 3.93. The Hall–Kier alpha value is -2.45. The third kappa shape index (κ3) is 4.45. The number of carbonyl (C=O) groups excluding carboxylic acids is 2. The molecule has 0 aliphatic rings. The number of nitrogens with zero attached hydrogens (tertiary/aromatic N) is 2. The highest BCUT2D eigenvalue weighted by atomic mass is 32.2. The number of methoxy groups -OCH3 is 1. The minimum Gasteiger partial charge on any atom is -0.465 e. The lowest BCUT2D eigenvalue weighted by Crippen LogP contribution is -2.22. The number of thioether (sulfide) groups is 1. The topological polar surface area (TPSA) is 81.2 Å². The van der Waals surface area contributed by atoms with Crippen molar-refractivity contribution in [3.05, 3.63) is 47.1 Å². The van der Waals surface area contributed by atoms with Gasteiger partial charge in [0, 0.05) is 16.0 Å². The summed E-state index contributed by atoms with van der Waals surface area (Å²) in [5.41, 5.74) is 0.936. The Bertz CT molecular complexity index is 987. The van der Waals surface area contributed by atoms with Gasteiger partial charge >= 0.3 is 5.97 Å². The van der Waals surface area contributed by atoms with E-state index in [9.17, 15) is 9.59 Å². The zero-order valence-electron chi connectivity index (χ0n) is 15.2. The van der Waals surface area contributed by atoms with Crippen LogP contribution in [0.15, 0.2) is 41.7 Å². The molecule has 0 aliphatic carbocycles. The van der Waals surface area contributed by atoms with Crippen molar-refractivity contribution in [2.24, 2.45) is 0 Å². The summed E-state index contributed by atoms with van der Waals surface area (Å²) in [6.07, 6.45) is 2.47. The molecule has 0 fully saturated rings. The number of thiophene rings is 1. The molecule has 0 spiro atoms. The quantitative estimate of drug-likeness (QED) is 0.379. The average Bonchev–Trinajstić information content (AvgIpc) is 3.12. The molecule has 140 valence electrons. The highest BCUT2D eigenvalue weighted by molar-refractivity contribution is 8.00. The number of esters is 1. The van der Waals surface area contributed by atoms with Gasteiger partial charge in [-0.25, -0.2) is 14.8 Å². The van der Waals surface area contributed by atoms with Crippen LogP contribution < -0.4 is 5.32 Å². The molecule has 0 bridgehead atoms. The predicted octanol–water partition coefficient (Wildman–Crippen LogP) is 4.16. The number of nitrogens with one attached hydrogen (secondary N) is 1. The number of carbonyl (C=O) groups is 2. The molecule has 2 heterocycles. The highest BCUT2D eigenvalue weighted by Crippen LogP contribution is 2.33. The molecule has 0 saturated carbocycles. The van der Waals surface area contributed by atoms with Gasteiger partial charge in [-0.1, -0.05) is 24.8 Å². The zero-order chi connectivity index (χ0) is 19.4. The molecule has 1 N–H and O–H groups in total. The van der Waals surface area contributed by atoms with E-state index in [2.05, 4.69) is 28.3 Å². The first-order valence-electron chi connectivity index (χ1n) is 8.41. The summed E-state index contributed by atoms with van der Waals surface area (Å²) in [7, 11) is 1.32. The number of hydrogen-bond donors (Lipinski definition) is 1. The first kappa shape index (κ1) is 19.3. The lowest BCUT2D eigenvalue weighted by Gasteiger charge is -2.12. The number of rotatable bonds is 6. The second-order valence-corrected chi connectivity index (χ2v) is 8.23. The smallest absolute Gasteiger partial charge is 0.337 e. The molecule has 1 amide bonds. The number of aromatic nitrogens is 2. The fourth-order valence-electron chi connectivity index (χ4n) is 2.46. The number of anilines is 1. The van der Waals surface area contributed by atoms with E-state index in [1.807, 2.05) is 6.92 Å². The predicted molar refractivity (Wildman–Crippen MR) is 109 cm³/mol. The molecule has 3 aromatic rings. The molecular formula is C19H19N3O3S2. The molecule has 6 nitrogen and oxygen atoms in total. The number of fused-ring (bicyclic) bond motifs is 1. The van der Waals surface area contributed by atoms with Crippen molar-refractivity contribution in [2.45, 2.75) is 30.5 Å². The molecule has 2 aromatic heterocycles. The van der Waals surface area contributed by atoms with Gasteiger partial charge in [-0.2, -0.15) is 0 Å². The van der Waals surface area contributed by atoms with Gasteiger partial charge in [-0.15, -0.1) is 11.3 Å². The molecule has 3 rings (SSSR count). The third-order valence-electron chi connectivity index (χ3n) is 3.90. The molecule has 1 atom stereocenters. The van der Waals surface area contributed by atoms with Crippen LogP contribution in [0.4, 0.5) is 5.69 Å². The minimum atomic E-state index is -0.443. The van der Waals surface area contributed by atoms with Crippen molar-refractivity contribution in [2.75, 3.05) is 12.4 Å². The molecule has 0 saturated heterocycles. The third-order valence-corrected chi connectivity index (χ3v) is 6.20. The van der Waals surface area contributed by atoms with Gasteiger partial charge in [0.05, 0.1) is 17.9 Å². The number of benzene rings is 1. The van der Waals surface area contributed by atoms with Crippen LogP contribution in [0.1, 0.15) is 29.1 Å². The van der Waals surface area contributed by atoms with E-state index in [0.717, 1.165) is 21.7 Å². The standard InChI is InChI=1S/C19H19N3O3S2/c1-4-14-9-15-17(20-10-21-18(15)27-14)26-11(2)16(23)22-13-7-5-6-12(8-13)19(24)25-3/h5-11H,4H2,1-3H3,(H,22,23). The lowest BCUT2D eigenvalue weighted by atomic mass is 10.2. The molecule has 0 aliphatic heterocycles. The maximum absolute atomic E-state index is 12.6. The maximum atomic E-state index is 12.6. The summed E-state index contributed by atoms with van der Waals surface area (Å²) >= 11 is 3.04. The molecule has 8 heteroatoms. The second-order valence-electron chi connectivity index (χ2n) is 5.79. The summed E-state index contributed by atoms with van der Waals surface area (Å²) < 4.78 is 4.71. The van der Waals surface area contributed by atoms with Crippen LogP contribution in [0.5, 0.6) is 0 Å². The Morgan fingerprint density at radius 2 is 2.11 bits per heavy atom. The van der Waals surface area contributed by atoms with Gasteiger partial charge in [0.15, 0.2) is 0 Å². The zero-order valence-corrected chi connectivity index (χ0v) is 16.8. The van der Waals surface area contributed by atoms with Crippen molar-refractivity contribution >= 4 is 50.9 Å². The Morgan fingerprint density at radius 3 is 2.85 bits per heavy atom. The van der Waals surface area contributed by atoms with E-state index in [1.54, 1.807) is 35.6 Å². The molecule has 1 aromatic carbocycles. The maximum Gasteiger partial charge on any atom is 0.337 e.